The highest BCUT2D eigenvalue weighted by Crippen LogP contribution is 2.22. The van der Waals surface area contributed by atoms with Gasteiger partial charge in [0.1, 0.15) is 5.82 Å². The van der Waals surface area contributed by atoms with E-state index in [9.17, 15) is 14.0 Å². The van der Waals surface area contributed by atoms with Gasteiger partial charge in [0.05, 0.1) is 18.9 Å². The summed E-state index contributed by atoms with van der Waals surface area (Å²) in [5, 5.41) is 0.851. The van der Waals surface area contributed by atoms with Crippen molar-refractivity contribution >= 4 is 22.8 Å². The monoisotopic (exact) mass is 334 g/mol. The second-order valence-electron chi connectivity index (χ2n) is 6.11. The molecule has 3 rings (SSSR count). The van der Waals surface area contributed by atoms with Crippen LogP contribution >= 0.6 is 0 Å². The van der Waals surface area contributed by atoms with E-state index in [1.807, 2.05) is 0 Å². The number of likely N-dealkylation sites (tertiary alicyclic amines) is 1. The normalized spacial score (nSPS) is 17.9. The molecule has 2 aromatic rings. The van der Waals surface area contributed by atoms with Crippen molar-refractivity contribution in [2.75, 3.05) is 19.7 Å². The van der Waals surface area contributed by atoms with Crippen molar-refractivity contribution in [1.82, 2.24) is 9.88 Å². The van der Waals surface area contributed by atoms with Gasteiger partial charge in [0.25, 0.3) is 0 Å². The van der Waals surface area contributed by atoms with Crippen molar-refractivity contribution in [2.24, 2.45) is 5.92 Å². The molecular formula is C18H23FN2O3. The smallest absolute Gasteiger partial charge is 0.310 e. The molecule has 24 heavy (non-hydrogen) atoms. The standard InChI is InChI=1S/C18H21FN2O3.H2/c1-2-24-18(23)12-4-3-7-21(11-12)17(22)8-13-10-20-16-9-14(19)5-6-15(13)16;/h5-6,9-10,12,20H,2-4,7-8,11H2,1H3;1H/t12-;/m0./s1. The molecule has 0 saturated carbocycles. The minimum Gasteiger partial charge on any atom is -0.466 e. The summed E-state index contributed by atoms with van der Waals surface area (Å²) < 4.78 is 18.3. The highest BCUT2D eigenvalue weighted by molar-refractivity contribution is 5.89. The first kappa shape index (κ1) is 16.5. The lowest BCUT2D eigenvalue weighted by Gasteiger charge is -2.31. The van der Waals surface area contributed by atoms with Crippen LogP contribution in [0.5, 0.6) is 0 Å². The number of hydrogen-bond acceptors (Lipinski definition) is 3. The number of aromatic amines is 1. The molecule has 0 radical (unpaired) electrons. The summed E-state index contributed by atoms with van der Waals surface area (Å²) in [6, 6.07) is 4.49. The molecule has 0 unspecified atom stereocenters. The number of piperidine rings is 1. The van der Waals surface area contributed by atoms with E-state index in [0.717, 1.165) is 23.8 Å². The molecule has 2 heterocycles. The predicted octanol–water partition coefficient (Wildman–Crippen LogP) is 2.90. The van der Waals surface area contributed by atoms with Crippen LogP contribution in [-0.2, 0) is 20.7 Å². The zero-order chi connectivity index (χ0) is 17.1. The minimum absolute atomic E-state index is 0. The number of esters is 1. The van der Waals surface area contributed by atoms with Gasteiger partial charge in [-0.05, 0) is 43.5 Å². The Balaban J connectivity index is 0.00000225. The molecule has 0 spiro atoms. The van der Waals surface area contributed by atoms with Crippen LogP contribution in [0.15, 0.2) is 24.4 Å². The van der Waals surface area contributed by atoms with Crippen LogP contribution in [0.1, 0.15) is 26.8 Å². The summed E-state index contributed by atoms with van der Waals surface area (Å²) in [6.45, 7) is 3.21. The van der Waals surface area contributed by atoms with Crippen molar-refractivity contribution in [2.45, 2.75) is 26.2 Å². The quantitative estimate of drug-likeness (QED) is 0.875. The average molecular weight is 334 g/mol. The Labute approximate surface area is 141 Å². The molecule has 1 aliphatic heterocycles. The molecule has 6 heteroatoms. The van der Waals surface area contributed by atoms with E-state index < -0.39 is 0 Å². The summed E-state index contributed by atoms with van der Waals surface area (Å²) in [5.41, 5.74) is 1.52. The Morgan fingerprint density at radius 3 is 3.08 bits per heavy atom. The molecular weight excluding hydrogens is 311 g/mol. The van der Waals surface area contributed by atoms with E-state index in [4.69, 9.17) is 4.74 Å². The number of benzene rings is 1. The van der Waals surface area contributed by atoms with E-state index in [2.05, 4.69) is 4.98 Å². The molecule has 1 atom stereocenters. The third kappa shape index (κ3) is 3.42. The van der Waals surface area contributed by atoms with Crippen molar-refractivity contribution in [3.8, 4) is 0 Å². The molecule has 1 saturated heterocycles. The van der Waals surface area contributed by atoms with Gasteiger partial charge >= 0.3 is 5.97 Å². The lowest BCUT2D eigenvalue weighted by molar-refractivity contribution is -0.151. The van der Waals surface area contributed by atoms with Crippen molar-refractivity contribution in [3.05, 3.63) is 35.8 Å². The fourth-order valence-corrected chi connectivity index (χ4v) is 3.24. The fourth-order valence-electron chi connectivity index (χ4n) is 3.24. The number of carbonyl (C=O) groups excluding carboxylic acids is 2. The van der Waals surface area contributed by atoms with Crippen LogP contribution in [-0.4, -0.2) is 41.5 Å². The van der Waals surface area contributed by atoms with Gasteiger partial charge in [-0.2, -0.15) is 0 Å². The number of H-pyrrole nitrogens is 1. The Hall–Kier alpha value is -2.37. The van der Waals surface area contributed by atoms with Crippen LogP contribution in [0, 0.1) is 11.7 Å². The Morgan fingerprint density at radius 1 is 1.46 bits per heavy atom. The maximum atomic E-state index is 13.2. The van der Waals surface area contributed by atoms with Crippen LogP contribution < -0.4 is 0 Å². The van der Waals surface area contributed by atoms with Gasteiger partial charge in [0.2, 0.25) is 5.91 Å². The Morgan fingerprint density at radius 2 is 2.29 bits per heavy atom. The highest BCUT2D eigenvalue weighted by atomic mass is 19.1. The number of ether oxygens (including phenoxy) is 1. The summed E-state index contributed by atoms with van der Waals surface area (Å²) in [5.74, 6) is -0.790. The molecule has 1 aliphatic rings. The Kier molecular flexibility index (Phi) is 4.83. The number of halogens is 1. The van der Waals surface area contributed by atoms with E-state index in [-0.39, 0.29) is 31.5 Å². The average Bonchev–Trinajstić information content (AvgIpc) is 2.97. The van der Waals surface area contributed by atoms with E-state index in [1.165, 1.54) is 12.1 Å². The maximum Gasteiger partial charge on any atom is 0.310 e. The molecule has 1 amide bonds. The van der Waals surface area contributed by atoms with Crippen LogP contribution in [0.25, 0.3) is 10.9 Å². The summed E-state index contributed by atoms with van der Waals surface area (Å²) in [6.07, 6.45) is 3.54. The topological polar surface area (TPSA) is 62.4 Å². The van der Waals surface area contributed by atoms with Crippen molar-refractivity contribution < 1.29 is 20.1 Å². The molecule has 1 fully saturated rings. The number of hydrogen-bond donors (Lipinski definition) is 1. The molecule has 1 N–H and O–H groups in total. The zero-order valence-corrected chi connectivity index (χ0v) is 13.7. The molecule has 130 valence electrons. The van der Waals surface area contributed by atoms with Crippen molar-refractivity contribution in [1.29, 1.82) is 0 Å². The fraction of sp³-hybridized carbons (Fsp3) is 0.444. The lowest BCUT2D eigenvalue weighted by atomic mass is 9.97. The van der Waals surface area contributed by atoms with E-state index in [0.29, 0.717) is 25.2 Å². The predicted molar refractivity (Wildman–Crippen MR) is 90.0 cm³/mol. The van der Waals surface area contributed by atoms with Gasteiger partial charge in [-0.3, -0.25) is 9.59 Å². The second kappa shape index (κ2) is 7.03. The van der Waals surface area contributed by atoms with Gasteiger partial charge in [-0.1, -0.05) is 0 Å². The molecule has 0 aliphatic carbocycles. The molecule has 0 bridgehead atoms. The van der Waals surface area contributed by atoms with Gasteiger partial charge in [-0.15, -0.1) is 0 Å². The summed E-state index contributed by atoms with van der Waals surface area (Å²) >= 11 is 0. The molecule has 5 nitrogen and oxygen atoms in total. The van der Waals surface area contributed by atoms with E-state index >= 15 is 0 Å². The minimum atomic E-state index is -0.310. The SMILES string of the molecule is CCOC(=O)[C@H]1CCCN(C(=O)Cc2c[nH]c3cc(F)ccc23)C1.[HH]. The highest BCUT2D eigenvalue weighted by Gasteiger charge is 2.29. The first-order chi connectivity index (χ1) is 11.6. The van der Waals surface area contributed by atoms with Crippen LogP contribution in [0.3, 0.4) is 0 Å². The van der Waals surface area contributed by atoms with Gasteiger partial charge < -0.3 is 14.6 Å². The van der Waals surface area contributed by atoms with Gasteiger partial charge in [-0.25, -0.2) is 4.39 Å². The number of aromatic nitrogens is 1. The molecule has 1 aromatic heterocycles. The van der Waals surface area contributed by atoms with Gasteiger partial charge in [0, 0.05) is 31.6 Å². The number of carbonyl (C=O) groups is 2. The third-order valence-corrected chi connectivity index (χ3v) is 4.47. The number of amides is 1. The third-order valence-electron chi connectivity index (χ3n) is 4.47. The number of rotatable bonds is 4. The summed E-state index contributed by atoms with van der Waals surface area (Å²) in [7, 11) is 0. The summed E-state index contributed by atoms with van der Waals surface area (Å²) in [4.78, 5) is 29.2. The number of nitrogens with one attached hydrogen (secondary N) is 1. The largest absolute Gasteiger partial charge is 0.466 e. The first-order valence-corrected chi connectivity index (χ1v) is 8.28. The zero-order valence-electron chi connectivity index (χ0n) is 13.7. The maximum absolute atomic E-state index is 13.2. The van der Waals surface area contributed by atoms with Gasteiger partial charge in [0.15, 0.2) is 0 Å². The second-order valence-corrected chi connectivity index (χ2v) is 6.11. The van der Waals surface area contributed by atoms with Crippen LogP contribution in [0.4, 0.5) is 4.39 Å². The number of fused-ring (bicyclic) bond motifs is 1. The van der Waals surface area contributed by atoms with E-state index in [1.54, 1.807) is 24.1 Å². The molecule has 1 aromatic carbocycles. The first-order valence-electron chi connectivity index (χ1n) is 8.28. The van der Waals surface area contributed by atoms with Crippen LogP contribution in [0.2, 0.25) is 0 Å². The number of nitrogens with zero attached hydrogens (tertiary/aromatic N) is 1. The Bertz CT molecular complexity index is 762. The van der Waals surface area contributed by atoms with Crippen molar-refractivity contribution in [3.63, 3.8) is 0 Å². The lowest BCUT2D eigenvalue weighted by Crippen LogP contribution is -2.43.